The van der Waals surface area contributed by atoms with Crippen molar-refractivity contribution in [1.29, 1.82) is 0 Å². The summed E-state index contributed by atoms with van der Waals surface area (Å²) in [6, 6.07) is 16.1. The van der Waals surface area contributed by atoms with E-state index >= 15 is 0 Å². The number of esters is 1. The fourth-order valence-corrected chi connectivity index (χ4v) is 3.21. The molecule has 1 heterocycles. The molecule has 0 bridgehead atoms. The van der Waals surface area contributed by atoms with Crippen LogP contribution in [0, 0.1) is 0 Å². The van der Waals surface area contributed by atoms with Crippen molar-refractivity contribution >= 4 is 17.3 Å². The molecule has 1 aliphatic heterocycles. The summed E-state index contributed by atoms with van der Waals surface area (Å²) >= 11 is 0. The average molecular weight is 338 g/mol. The van der Waals surface area contributed by atoms with Crippen LogP contribution in [0.5, 0.6) is 0 Å². The van der Waals surface area contributed by atoms with Gasteiger partial charge < -0.3 is 15.0 Å². The highest BCUT2D eigenvalue weighted by Gasteiger charge is 2.29. The maximum absolute atomic E-state index is 11.9. The zero-order valence-corrected chi connectivity index (χ0v) is 15.2. The highest BCUT2D eigenvalue weighted by Crippen LogP contribution is 2.35. The average Bonchev–Trinajstić information content (AvgIpc) is 2.59. The van der Waals surface area contributed by atoms with Gasteiger partial charge in [0.05, 0.1) is 23.5 Å². The van der Waals surface area contributed by atoms with E-state index in [2.05, 4.69) is 48.3 Å². The van der Waals surface area contributed by atoms with Crippen molar-refractivity contribution in [1.82, 2.24) is 0 Å². The van der Waals surface area contributed by atoms with Crippen molar-refractivity contribution in [3.05, 3.63) is 59.7 Å². The van der Waals surface area contributed by atoms with Crippen molar-refractivity contribution in [2.24, 2.45) is 0 Å². The molecule has 0 saturated carbocycles. The first-order valence-electron chi connectivity index (χ1n) is 8.87. The molecule has 4 nitrogen and oxygen atoms in total. The second-order valence-corrected chi connectivity index (χ2v) is 7.21. The summed E-state index contributed by atoms with van der Waals surface area (Å²) in [7, 11) is 0. The number of rotatable bonds is 5. The molecule has 4 heteroatoms. The monoisotopic (exact) mass is 338 g/mol. The molecule has 0 aliphatic carbocycles. The molecular formula is C21H26N2O2. The van der Waals surface area contributed by atoms with Gasteiger partial charge in [-0.05, 0) is 50.1 Å². The summed E-state index contributed by atoms with van der Waals surface area (Å²) in [4.78, 5) is 14.3. The highest BCUT2D eigenvalue weighted by atomic mass is 16.5. The Morgan fingerprint density at radius 3 is 2.60 bits per heavy atom. The minimum Gasteiger partial charge on any atom is -0.462 e. The summed E-state index contributed by atoms with van der Waals surface area (Å²) in [5.41, 5.74) is 4.18. The zero-order chi connectivity index (χ0) is 17.9. The number of benzene rings is 2. The first-order chi connectivity index (χ1) is 12.0. The molecule has 0 atom stereocenters. The largest absolute Gasteiger partial charge is 0.462 e. The normalized spacial score (nSPS) is 15.2. The molecule has 132 valence electrons. The molecule has 2 aromatic rings. The van der Waals surface area contributed by atoms with Gasteiger partial charge in [-0.1, -0.05) is 31.2 Å². The number of nitrogens with one attached hydrogen (secondary N) is 1. The van der Waals surface area contributed by atoms with E-state index in [1.807, 2.05) is 31.2 Å². The SMILES string of the molecule is CCCOC(=O)c1ccc(CN2CC(C)(C)Nc3ccccc32)cc1. The Kier molecular flexibility index (Phi) is 4.98. The number of anilines is 2. The number of carbonyl (C=O) groups is 1. The lowest BCUT2D eigenvalue weighted by Gasteiger charge is -2.42. The molecule has 0 spiro atoms. The number of hydrogen-bond acceptors (Lipinski definition) is 4. The van der Waals surface area contributed by atoms with Gasteiger partial charge in [-0.3, -0.25) is 0 Å². The van der Waals surface area contributed by atoms with Crippen LogP contribution in [-0.4, -0.2) is 24.7 Å². The van der Waals surface area contributed by atoms with E-state index in [0.717, 1.165) is 19.5 Å². The highest BCUT2D eigenvalue weighted by molar-refractivity contribution is 5.89. The molecule has 0 amide bonds. The third-order valence-electron chi connectivity index (χ3n) is 4.30. The van der Waals surface area contributed by atoms with Crippen LogP contribution in [0.25, 0.3) is 0 Å². The van der Waals surface area contributed by atoms with Crippen molar-refractivity contribution in [2.75, 3.05) is 23.4 Å². The van der Waals surface area contributed by atoms with E-state index in [0.29, 0.717) is 12.2 Å². The van der Waals surface area contributed by atoms with Gasteiger partial charge in [0.2, 0.25) is 0 Å². The van der Waals surface area contributed by atoms with Crippen LogP contribution in [-0.2, 0) is 11.3 Å². The predicted octanol–water partition coefficient (Wildman–Crippen LogP) is 4.46. The molecule has 25 heavy (non-hydrogen) atoms. The van der Waals surface area contributed by atoms with Crippen LogP contribution in [0.4, 0.5) is 11.4 Å². The summed E-state index contributed by atoms with van der Waals surface area (Å²) in [5.74, 6) is -0.248. The van der Waals surface area contributed by atoms with Gasteiger partial charge in [0.1, 0.15) is 0 Å². The van der Waals surface area contributed by atoms with Gasteiger partial charge in [0.15, 0.2) is 0 Å². The van der Waals surface area contributed by atoms with E-state index in [1.54, 1.807) is 0 Å². The zero-order valence-electron chi connectivity index (χ0n) is 15.2. The van der Waals surface area contributed by atoms with Gasteiger partial charge in [0.25, 0.3) is 0 Å². The Morgan fingerprint density at radius 2 is 1.88 bits per heavy atom. The van der Waals surface area contributed by atoms with Crippen LogP contribution in [0.1, 0.15) is 43.1 Å². The third kappa shape index (κ3) is 4.13. The topological polar surface area (TPSA) is 41.6 Å². The Balaban J connectivity index is 1.75. The third-order valence-corrected chi connectivity index (χ3v) is 4.30. The van der Waals surface area contributed by atoms with Crippen molar-refractivity contribution in [2.45, 2.75) is 39.3 Å². The Morgan fingerprint density at radius 1 is 1.16 bits per heavy atom. The molecule has 1 N–H and O–H groups in total. The first kappa shape index (κ1) is 17.3. The number of nitrogens with zero attached hydrogens (tertiary/aromatic N) is 1. The molecule has 0 radical (unpaired) electrons. The summed E-state index contributed by atoms with van der Waals surface area (Å²) in [5, 5.41) is 3.59. The van der Waals surface area contributed by atoms with Gasteiger partial charge >= 0.3 is 5.97 Å². The lowest BCUT2D eigenvalue weighted by atomic mass is 9.98. The molecule has 1 aliphatic rings. The van der Waals surface area contributed by atoms with Crippen molar-refractivity contribution < 1.29 is 9.53 Å². The summed E-state index contributed by atoms with van der Waals surface area (Å²) in [6.07, 6.45) is 0.835. The second kappa shape index (κ2) is 7.18. The lowest BCUT2D eigenvalue weighted by molar-refractivity contribution is 0.0505. The van der Waals surface area contributed by atoms with E-state index < -0.39 is 0 Å². The van der Waals surface area contributed by atoms with E-state index in [-0.39, 0.29) is 11.5 Å². The smallest absolute Gasteiger partial charge is 0.338 e. The first-order valence-corrected chi connectivity index (χ1v) is 8.87. The molecule has 3 rings (SSSR count). The maximum atomic E-state index is 11.9. The van der Waals surface area contributed by atoms with Gasteiger partial charge in [-0.2, -0.15) is 0 Å². The van der Waals surface area contributed by atoms with Crippen LogP contribution >= 0.6 is 0 Å². The number of hydrogen-bond donors (Lipinski definition) is 1. The lowest BCUT2D eigenvalue weighted by Crippen LogP contribution is -2.48. The summed E-state index contributed by atoms with van der Waals surface area (Å²) in [6.45, 7) is 8.61. The molecule has 0 unspecified atom stereocenters. The fraction of sp³-hybridized carbons (Fsp3) is 0.381. The molecule has 0 saturated heterocycles. The number of ether oxygens (including phenoxy) is 1. The van der Waals surface area contributed by atoms with Gasteiger partial charge in [0, 0.05) is 18.6 Å². The minimum absolute atomic E-state index is 0.0122. The minimum atomic E-state index is -0.248. The Hall–Kier alpha value is -2.49. The van der Waals surface area contributed by atoms with Gasteiger partial charge in [-0.15, -0.1) is 0 Å². The Bertz CT molecular complexity index is 738. The summed E-state index contributed by atoms with van der Waals surface area (Å²) < 4.78 is 5.18. The van der Waals surface area contributed by atoms with E-state index in [1.165, 1.54) is 16.9 Å². The van der Waals surface area contributed by atoms with Gasteiger partial charge in [-0.25, -0.2) is 4.79 Å². The van der Waals surface area contributed by atoms with Crippen molar-refractivity contribution in [3.63, 3.8) is 0 Å². The number of carbonyl (C=O) groups excluding carboxylic acids is 1. The maximum Gasteiger partial charge on any atom is 0.338 e. The quantitative estimate of drug-likeness (QED) is 0.817. The van der Waals surface area contributed by atoms with Crippen molar-refractivity contribution in [3.8, 4) is 0 Å². The second-order valence-electron chi connectivity index (χ2n) is 7.21. The molecule has 0 aromatic heterocycles. The fourth-order valence-electron chi connectivity index (χ4n) is 3.21. The number of fused-ring (bicyclic) bond motifs is 1. The molecule has 2 aromatic carbocycles. The van der Waals surface area contributed by atoms with Crippen LogP contribution in [0.2, 0.25) is 0 Å². The van der Waals surface area contributed by atoms with E-state index in [9.17, 15) is 4.79 Å². The van der Waals surface area contributed by atoms with E-state index in [4.69, 9.17) is 4.74 Å². The standard InChI is InChI=1S/C21H26N2O2/c1-4-13-25-20(24)17-11-9-16(10-12-17)14-23-15-21(2,3)22-18-7-5-6-8-19(18)23/h5-12,22H,4,13-15H2,1-3H3. The van der Waals surface area contributed by atoms with Crippen LogP contribution in [0.15, 0.2) is 48.5 Å². The van der Waals surface area contributed by atoms with Crippen LogP contribution in [0.3, 0.4) is 0 Å². The predicted molar refractivity (Wildman–Crippen MR) is 102 cm³/mol. The van der Waals surface area contributed by atoms with Crippen LogP contribution < -0.4 is 10.2 Å². The Labute approximate surface area is 149 Å². The molecule has 0 fully saturated rings. The molecular weight excluding hydrogens is 312 g/mol. The number of para-hydroxylation sites is 2.